The molecule has 0 spiro atoms. The highest BCUT2D eigenvalue weighted by molar-refractivity contribution is 5.94. The Morgan fingerprint density at radius 3 is 2.62 bits per heavy atom. The Morgan fingerprint density at radius 2 is 2.00 bits per heavy atom. The molecule has 7 heteroatoms. The molecule has 2 rings (SSSR count). The monoisotopic (exact) mass is 357 g/mol. The predicted molar refractivity (Wildman–Crippen MR) is 93.8 cm³/mol. The molecule has 2 amide bonds. The van der Waals surface area contributed by atoms with E-state index in [-0.39, 0.29) is 36.0 Å². The number of nitrogens with one attached hydrogen (secondary N) is 1. The van der Waals surface area contributed by atoms with Crippen LogP contribution in [0, 0.1) is 11.7 Å². The van der Waals surface area contributed by atoms with Crippen LogP contribution in [0.4, 0.5) is 4.39 Å². The maximum absolute atomic E-state index is 13.0. The fourth-order valence-electron chi connectivity index (χ4n) is 2.84. The largest absolute Gasteiger partial charge is 0.344 e. The molecule has 0 saturated carbocycles. The number of hydrogen-bond donors (Lipinski definition) is 1. The number of piperidine rings is 1. The first-order valence-corrected chi connectivity index (χ1v) is 7.97. The maximum Gasteiger partial charge on any atom is 0.253 e. The number of amides is 2. The van der Waals surface area contributed by atoms with Crippen LogP contribution < -0.4 is 5.32 Å². The third-order valence-electron chi connectivity index (χ3n) is 4.22. The maximum atomic E-state index is 13.0. The predicted octanol–water partition coefficient (Wildman–Crippen LogP) is 1.78. The third-order valence-corrected chi connectivity index (χ3v) is 4.22. The van der Waals surface area contributed by atoms with E-state index in [1.807, 2.05) is 7.05 Å². The lowest BCUT2D eigenvalue weighted by molar-refractivity contribution is -0.135. The quantitative estimate of drug-likeness (QED) is 0.874. The first-order valence-electron chi connectivity index (χ1n) is 7.97. The molecule has 1 heterocycles. The molecule has 0 radical (unpaired) electrons. The summed E-state index contributed by atoms with van der Waals surface area (Å²) in [6.07, 6.45) is 1.61. The Bertz CT molecular complexity index is 553. The van der Waals surface area contributed by atoms with Crippen LogP contribution in [-0.4, -0.2) is 61.9 Å². The van der Waals surface area contributed by atoms with Gasteiger partial charge in [0.15, 0.2) is 0 Å². The van der Waals surface area contributed by atoms with Crippen molar-refractivity contribution in [2.75, 3.05) is 40.3 Å². The van der Waals surface area contributed by atoms with Crippen LogP contribution in [0.3, 0.4) is 0 Å². The van der Waals surface area contributed by atoms with Crippen molar-refractivity contribution in [1.82, 2.24) is 15.1 Å². The molecule has 1 aliphatic rings. The lowest BCUT2D eigenvalue weighted by Gasteiger charge is -2.34. The van der Waals surface area contributed by atoms with E-state index in [0.29, 0.717) is 25.2 Å². The molecule has 5 nitrogen and oxygen atoms in total. The zero-order valence-electron chi connectivity index (χ0n) is 14.1. The number of carbonyl (C=O) groups excluding carboxylic acids is 2. The topological polar surface area (TPSA) is 52.7 Å². The average molecular weight is 358 g/mol. The van der Waals surface area contributed by atoms with Crippen molar-refractivity contribution in [2.24, 2.45) is 5.92 Å². The molecule has 0 bridgehead atoms. The Hall–Kier alpha value is -1.66. The van der Waals surface area contributed by atoms with E-state index in [2.05, 4.69) is 5.32 Å². The summed E-state index contributed by atoms with van der Waals surface area (Å²) in [5.74, 6) is -0.577. The molecule has 1 fully saturated rings. The molecular formula is C17H25ClFN3O2. The van der Waals surface area contributed by atoms with Gasteiger partial charge in [-0.1, -0.05) is 0 Å². The van der Waals surface area contributed by atoms with Crippen molar-refractivity contribution >= 4 is 24.2 Å². The highest BCUT2D eigenvalue weighted by Gasteiger charge is 2.30. The van der Waals surface area contributed by atoms with Crippen molar-refractivity contribution in [3.8, 4) is 0 Å². The number of benzene rings is 1. The van der Waals surface area contributed by atoms with Gasteiger partial charge in [0.25, 0.3) is 5.91 Å². The van der Waals surface area contributed by atoms with Gasteiger partial charge in [-0.15, -0.1) is 12.4 Å². The van der Waals surface area contributed by atoms with Crippen molar-refractivity contribution in [3.05, 3.63) is 35.6 Å². The van der Waals surface area contributed by atoms with Crippen molar-refractivity contribution in [2.45, 2.75) is 12.8 Å². The van der Waals surface area contributed by atoms with Crippen molar-refractivity contribution in [1.29, 1.82) is 0 Å². The Kier molecular flexibility index (Phi) is 8.15. The number of likely N-dealkylation sites (N-methyl/N-ethyl adjacent to an activating group) is 2. The smallest absolute Gasteiger partial charge is 0.253 e. The molecule has 0 aliphatic carbocycles. The van der Waals surface area contributed by atoms with E-state index in [1.165, 1.54) is 24.3 Å². The normalized spacial score (nSPS) is 17.1. The first-order chi connectivity index (χ1) is 11.0. The van der Waals surface area contributed by atoms with Crippen LogP contribution >= 0.6 is 12.4 Å². The molecule has 134 valence electrons. The summed E-state index contributed by atoms with van der Waals surface area (Å²) in [4.78, 5) is 28.4. The first kappa shape index (κ1) is 20.4. The zero-order chi connectivity index (χ0) is 16.8. The minimum atomic E-state index is -0.362. The third kappa shape index (κ3) is 5.18. The highest BCUT2D eigenvalue weighted by atomic mass is 35.5. The van der Waals surface area contributed by atoms with E-state index in [0.717, 1.165) is 19.4 Å². The van der Waals surface area contributed by atoms with Crippen LogP contribution in [0.15, 0.2) is 24.3 Å². The number of likely N-dealkylation sites (tertiary alicyclic amines) is 1. The molecule has 1 atom stereocenters. The van der Waals surface area contributed by atoms with Gasteiger partial charge in [-0.3, -0.25) is 9.59 Å². The summed E-state index contributed by atoms with van der Waals surface area (Å²) >= 11 is 0. The second-order valence-electron chi connectivity index (χ2n) is 5.96. The average Bonchev–Trinajstić information content (AvgIpc) is 2.59. The molecule has 24 heavy (non-hydrogen) atoms. The highest BCUT2D eigenvalue weighted by Crippen LogP contribution is 2.20. The van der Waals surface area contributed by atoms with Gasteiger partial charge in [-0.05, 0) is 44.2 Å². The van der Waals surface area contributed by atoms with Gasteiger partial charge in [-0.25, -0.2) is 4.39 Å². The summed E-state index contributed by atoms with van der Waals surface area (Å²) in [6, 6.07) is 5.54. The molecular weight excluding hydrogens is 333 g/mol. The van der Waals surface area contributed by atoms with Crippen LogP contribution in [-0.2, 0) is 4.79 Å². The Balaban J connectivity index is 0.00000288. The van der Waals surface area contributed by atoms with Gasteiger partial charge < -0.3 is 15.1 Å². The minimum absolute atomic E-state index is 0. The van der Waals surface area contributed by atoms with Gasteiger partial charge in [0.2, 0.25) is 5.91 Å². The second kappa shape index (κ2) is 9.59. The van der Waals surface area contributed by atoms with Gasteiger partial charge in [0.05, 0.1) is 5.92 Å². The summed E-state index contributed by atoms with van der Waals surface area (Å²) in [7, 11) is 3.64. The molecule has 1 unspecified atom stereocenters. The van der Waals surface area contributed by atoms with Crippen molar-refractivity contribution in [3.63, 3.8) is 0 Å². The van der Waals surface area contributed by atoms with Gasteiger partial charge in [-0.2, -0.15) is 0 Å². The Labute approximate surface area is 148 Å². The summed E-state index contributed by atoms with van der Waals surface area (Å²) in [5.41, 5.74) is 0.461. The number of carbonyl (C=O) groups is 2. The SMILES string of the molecule is CNCCN(C)C(=O)C1CCCN(C(=O)c2ccc(F)cc2)C1.Cl. The fourth-order valence-corrected chi connectivity index (χ4v) is 2.84. The number of rotatable bonds is 5. The van der Waals surface area contributed by atoms with Gasteiger partial charge in [0, 0.05) is 38.8 Å². The summed E-state index contributed by atoms with van der Waals surface area (Å²) in [6.45, 7) is 2.46. The standard InChI is InChI=1S/C17H24FN3O2.ClH/c1-19-9-11-20(2)16(22)14-4-3-10-21(12-14)17(23)13-5-7-15(18)8-6-13;/h5-8,14,19H,3-4,9-12H2,1-2H3;1H. The zero-order valence-corrected chi connectivity index (χ0v) is 14.9. The summed E-state index contributed by atoms with van der Waals surface area (Å²) in [5, 5.41) is 3.02. The molecule has 1 aliphatic heterocycles. The molecule has 1 N–H and O–H groups in total. The van der Waals surface area contributed by atoms with Gasteiger partial charge in [0.1, 0.15) is 5.82 Å². The van der Waals surface area contributed by atoms with E-state index in [4.69, 9.17) is 0 Å². The van der Waals surface area contributed by atoms with E-state index < -0.39 is 0 Å². The molecule has 1 aromatic rings. The number of nitrogens with zero attached hydrogens (tertiary/aromatic N) is 2. The lowest BCUT2D eigenvalue weighted by Crippen LogP contribution is -2.46. The minimum Gasteiger partial charge on any atom is -0.344 e. The van der Waals surface area contributed by atoms with Gasteiger partial charge >= 0.3 is 0 Å². The van der Waals surface area contributed by atoms with Crippen LogP contribution in [0.1, 0.15) is 23.2 Å². The number of halogens is 2. The summed E-state index contributed by atoms with van der Waals surface area (Å²) < 4.78 is 13.0. The van der Waals surface area contributed by atoms with Crippen LogP contribution in [0.2, 0.25) is 0 Å². The molecule has 1 aromatic carbocycles. The fraction of sp³-hybridized carbons (Fsp3) is 0.529. The van der Waals surface area contributed by atoms with E-state index >= 15 is 0 Å². The van der Waals surface area contributed by atoms with E-state index in [1.54, 1.807) is 16.8 Å². The number of hydrogen-bond acceptors (Lipinski definition) is 3. The lowest BCUT2D eigenvalue weighted by atomic mass is 9.96. The second-order valence-corrected chi connectivity index (χ2v) is 5.96. The van der Waals surface area contributed by atoms with Crippen molar-refractivity contribution < 1.29 is 14.0 Å². The molecule has 0 aromatic heterocycles. The van der Waals surface area contributed by atoms with Crippen LogP contribution in [0.5, 0.6) is 0 Å². The Morgan fingerprint density at radius 1 is 1.33 bits per heavy atom. The van der Waals surface area contributed by atoms with E-state index in [9.17, 15) is 14.0 Å². The van der Waals surface area contributed by atoms with Crippen LogP contribution in [0.25, 0.3) is 0 Å². The molecule has 1 saturated heterocycles.